The van der Waals surface area contributed by atoms with Crippen LogP contribution in [0.4, 0.5) is 0 Å². The van der Waals surface area contributed by atoms with E-state index >= 15 is 0 Å². The largest absolute Gasteiger partial charge is 0.352 e. The first-order valence-corrected chi connectivity index (χ1v) is 5.74. The molecule has 4 heteroatoms. The number of hydrogen-bond acceptors (Lipinski definition) is 3. The highest BCUT2D eigenvalue weighted by Crippen LogP contribution is 2.02. The van der Waals surface area contributed by atoms with E-state index in [1.807, 2.05) is 18.2 Å². The molecule has 1 atom stereocenters. The molecule has 1 aromatic heterocycles. The van der Waals surface area contributed by atoms with E-state index in [0.29, 0.717) is 6.42 Å². The topological polar surface area (TPSA) is 54.0 Å². The van der Waals surface area contributed by atoms with Crippen molar-refractivity contribution >= 4 is 5.91 Å². The molecular weight excluding hydrogens is 202 g/mol. The van der Waals surface area contributed by atoms with Gasteiger partial charge in [0.2, 0.25) is 5.91 Å². The molecular formula is C12H17N3O. The molecule has 16 heavy (non-hydrogen) atoms. The molecule has 1 aliphatic rings. The summed E-state index contributed by atoms with van der Waals surface area (Å²) in [5, 5.41) is 6.30. The van der Waals surface area contributed by atoms with Gasteiger partial charge in [0.15, 0.2) is 0 Å². The van der Waals surface area contributed by atoms with Gasteiger partial charge in [-0.05, 0) is 31.5 Å². The number of rotatable bonds is 3. The number of hydrogen-bond donors (Lipinski definition) is 2. The molecule has 86 valence electrons. The SMILES string of the molecule is O=C(Cc1ccccn1)N[C@@H]1CCCNC1. The minimum absolute atomic E-state index is 0.0624. The maximum Gasteiger partial charge on any atom is 0.226 e. The Kier molecular flexibility index (Phi) is 3.88. The van der Waals surface area contributed by atoms with Crippen molar-refractivity contribution in [2.45, 2.75) is 25.3 Å². The van der Waals surface area contributed by atoms with Crippen LogP contribution in [-0.4, -0.2) is 30.0 Å². The van der Waals surface area contributed by atoms with E-state index in [0.717, 1.165) is 31.6 Å². The average molecular weight is 219 g/mol. The Bertz CT molecular complexity index is 333. The summed E-state index contributed by atoms with van der Waals surface area (Å²) >= 11 is 0. The monoisotopic (exact) mass is 219 g/mol. The molecule has 0 aromatic carbocycles. The van der Waals surface area contributed by atoms with E-state index in [4.69, 9.17) is 0 Å². The number of carbonyl (C=O) groups is 1. The van der Waals surface area contributed by atoms with Gasteiger partial charge >= 0.3 is 0 Å². The van der Waals surface area contributed by atoms with E-state index < -0.39 is 0 Å². The number of amides is 1. The van der Waals surface area contributed by atoms with Gasteiger partial charge in [-0.25, -0.2) is 0 Å². The molecule has 4 nitrogen and oxygen atoms in total. The van der Waals surface area contributed by atoms with Crippen LogP contribution in [-0.2, 0) is 11.2 Å². The zero-order chi connectivity index (χ0) is 11.2. The lowest BCUT2D eigenvalue weighted by Crippen LogP contribution is -2.46. The van der Waals surface area contributed by atoms with Crippen LogP contribution < -0.4 is 10.6 Å². The third kappa shape index (κ3) is 3.31. The van der Waals surface area contributed by atoms with Crippen molar-refractivity contribution in [1.82, 2.24) is 15.6 Å². The molecule has 1 amide bonds. The Morgan fingerprint density at radius 3 is 3.19 bits per heavy atom. The zero-order valence-corrected chi connectivity index (χ0v) is 9.28. The molecule has 0 bridgehead atoms. The number of pyridine rings is 1. The molecule has 2 rings (SSSR count). The Morgan fingerprint density at radius 2 is 2.50 bits per heavy atom. The normalized spacial score (nSPS) is 20.4. The minimum Gasteiger partial charge on any atom is -0.352 e. The van der Waals surface area contributed by atoms with E-state index in [2.05, 4.69) is 15.6 Å². The van der Waals surface area contributed by atoms with Gasteiger partial charge in [0.25, 0.3) is 0 Å². The second-order valence-corrected chi connectivity index (χ2v) is 4.11. The first-order valence-electron chi connectivity index (χ1n) is 5.74. The number of piperidine rings is 1. The minimum atomic E-state index is 0.0624. The fraction of sp³-hybridized carbons (Fsp3) is 0.500. The van der Waals surface area contributed by atoms with Gasteiger partial charge in [-0.3, -0.25) is 9.78 Å². The van der Waals surface area contributed by atoms with Gasteiger partial charge in [-0.2, -0.15) is 0 Å². The van der Waals surface area contributed by atoms with E-state index in [1.165, 1.54) is 0 Å². The summed E-state index contributed by atoms with van der Waals surface area (Å²) in [6, 6.07) is 5.91. The predicted molar refractivity (Wildman–Crippen MR) is 62.0 cm³/mol. The van der Waals surface area contributed by atoms with Crippen LogP contribution >= 0.6 is 0 Å². The van der Waals surface area contributed by atoms with Crippen LogP contribution in [0.1, 0.15) is 18.5 Å². The number of nitrogens with zero attached hydrogens (tertiary/aromatic N) is 1. The summed E-state index contributed by atoms with van der Waals surface area (Å²) in [7, 11) is 0. The van der Waals surface area contributed by atoms with Gasteiger partial charge < -0.3 is 10.6 Å². The summed E-state index contributed by atoms with van der Waals surface area (Å²) in [6.07, 6.45) is 4.29. The standard InChI is InChI=1S/C12H17N3O/c16-12(8-10-4-1-2-7-14-10)15-11-5-3-6-13-9-11/h1-2,4,7,11,13H,3,5-6,8-9H2,(H,15,16)/t11-/m1/s1. The second-order valence-electron chi connectivity index (χ2n) is 4.11. The highest BCUT2D eigenvalue weighted by molar-refractivity contribution is 5.78. The fourth-order valence-electron chi connectivity index (χ4n) is 1.92. The predicted octanol–water partition coefficient (Wildman–Crippen LogP) is 0.492. The van der Waals surface area contributed by atoms with Crippen molar-refractivity contribution in [3.05, 3.63) is 30.1 Å². The van der Waals surface area contributed by atoms with Crippen LogP contribution in [0, 0.1) is 0 Å². The Labute approximate surface area is 95.5 Å². The van der Waals surface area contributed by atoms with Crippen LogP contribution in [0.2, 0.25) is 0 Å². The summed E-state index contributed by atoms with van der Waals surface area (Å²) < 4.78 is 0. The maximum atomic E-state index is 11.7. The second kappa shape index (κ2) is 5.61. The highest BCUT2D eigenvalue weighted by atomic mass is 16.1. The summed E-state index contributed by atoms with van der Waals surface area (Å²) in [4.78, 5) is 15.8. The van der Waals surface area contributed by atoms with Gasteiger partial charge in [0, 0.05) is 24.5 Å². The van der Waals surface area contributed by atoms with Crippen LogP contribution in [0.3, 0.4) is 0 Å². The quantitative estimate of drug-likeness (QED) is 0.778. The summed E-state index contributed by atoms with van der Waals surface area (Å²) in [5.41, 5.74) is 0.823. The lowest BCUT2D eigenvalue weighted by molar-refractivity contribution is -0.121. The van der Waals surface area contributed by atoms with Gasteiger partial charge in [0.05, 0.1) is 6.42 Å². The molecule has 0 saturated carbocycles. The van der Waals surface area contributed by atoms with Crippen molar-refractivity contribution in [1.29, 1.82) is 0 Å². The van der Waals surface area contributed by atoms with E-state index in [9.17, 15) is 4.79 Å². The first-order chi connectivity index (χ1) is 7.84. The zero-order valence-electron chi connectivity index (χ0n) is 9.28. The molecule has 1 fully saturated rings. The number of aromatic nitrogens is 1. The average Bonchev–Trinajstić information content (AvgIpc) is 2.31. The molecule has 2 heterocycles. The molecule has 0 aliphatic carbocycles. The van der Waals surface area contributed by atoms with Gasteiger partial charge in [0.1, 0.15) is 0 Å². The lowest BCUT2D eigenvalue weighted by Gasteiger charge is -2.23. The summed E-state index contributed by atoms with van der Waals surface area (Å²) in [6.45, 7) is 1.95. The highest BCUT2D eigenvalue weighted by Gasteiger charge is 2.15. The fourth-order valence-corrected chi connectivity index (χ4v) is 1.92. The third-order valence-electron chi connectivity index (χ3n) is 2.73. The molecule has 1 aliphatic heterocycles. The van der Waals surface area contributed by atoms with Crippen LogP contribution in [0.15, 0.2) is 24.4 Å². The van der Waals surface area contributed by atoms with Crippen LogP contribution in [0.25, 0.3) is 0 Å². The van der Waals surface area contributed by atoms with Crippen molar-refractivity contribution in [2.75, 3.05) is 13.1 Å². The Morgan fingerprint density at radius 1 is 1.56 bits per heavy atom. The summed E-state index contributed by atoms with van der Waals surface area (Å²) in [5.74, 6) is 0.0624. The molecule has 0 spiro atoms. The number of carbonyl (C=O) groups excluding carboxylic acids is 1. The molecule has 1 aromatic rings. The van der Waals surface area contributed by atoms with Crippen molar-refractivity contribution in [3.63, 3.8) is 0 Å². The van der Waals surface area contributed by atoms with Gasteiger partial charge in [-0.1, -0.05) is 6.07 Å². The Hall–Kier alpha value is -1.42. The molecule has 0 radical (unpaired) electrons. The van der Waals surface area contributed by atoms with Crippen molar-refractivity contribution in [2.24, 2.45) is 0 Å². The molecule has 1 saturated heterocycles. The van der Waals surface area contributed by atoms with E-state index in [-0.39, 0.29) is 11.9 Å². The van der Waals surface area contributed by atoms with Crippen molar-refractivity contribution in [3.8, 4) is 0 Å². The maximum absolute atomic E-state index is 11.7. The van der Waals surface area contributed by atoms with Crippen LogP contribution in [0.5, 0.6) is 0 Å². The number of nitrogens with one attached hydrogen (secondary N) is 2. The molecule has 2 N–H and O–H groups in total. The van der Waals surface area contributed by atoms with E-state index in [1.54, 1.807) is 6.20 Å². The molecule has 0 unspecified atom stereocenters. The van der Waals surface area contributed by atoms with Gasteiger partial charge in [-0.15, -0.1) is 0 Å². The smallest absolute Gasteiger partial charge is 0.226 e. The third-order valence-corrected chi connectivity index (χ3v) is 2.73. The van der Waals surface area contributed by atoms with Crippen molar-refractivity contribution < 1.29 is 4.79 Å². The Balaban J connectivity index is 1.80. The lowest BCUT2D eigenvalue weighted by atomic mass is 10.1. The first kappa shape index (κ1) is 11.1.